The van der Waals surface area contributed by atoms with Crippen molar-refractivity contribution in [3.8, 4) is 0 Å². The van der Waals surface area contributed by atoms with Gasteiger partial charge in [-0.2, -0.15) is 13.2 Å². The van der Waals surface area contributed by atoms with Crippen molar-refractivity contribution in [2.45, 2.75) is 51.1 Å². The number of nitrogen functional groups attached to an aromatic ring is 1. The minimum absolute atomic E-state index is 0.207. The summed E-state index contributed by atoms with van der Waals surface area (Å²) in [5.41, 5.74) is 10.6. The lowest BCUT2D eigenvalue weighted by atomic mass is 10.0. The number of hydrogen-bond donors (Lipinski definition) is 3. The van der Waals surface area contributed by atoms with E-state index in [-0.39, 0.29) is 5.69 Å². The third kappa shape index (κ3) is 8.23. The molecular formula is C17H28F3N3. The lowest BCUT2D eigenvalue weighted by molar-refractivity contribution is -0.136. The second kappa shape index (κ2) is 10.5. The number of hydrogen-bond acceptors (Lipinski definition) is 3. The van der Waals surface area contributed by atoms with Crippen molar-refractivity contribution in [1.29, 1.82) is 0 Å². The van der Waals surface area contributed by atoms with Crippen molar-refractivity contribution < 1.29 is 13.2 Å². The third-order valence-electron chi connectivity index (χ3n) is 3.80. The van der Waals surface area contributed by atoms with Crippen LogP contribution in [0.25, 0.3) is 0 Å². The maximum absolute atomic E-state index is 12.8. The van der Waals surface area contributed by atoms with Crippen LogP contribution in [-0.2, 0) is 12.6 Å². The van der Waals surface area contributed by atoms with Crippen LogP contribution in [0.3, 0.4) is 0 Å². The van der Waals surface area contributed by atoms with Crippen molar-refractivity contribution in [3.05, 3.63) is 29.3 Å². The van der Waals surface area contributed by atoms with Gasteiger partial charge in [0, 0.05) is 5.69 Å². The van der Waals surface area contributed by atoms with Crippen LogP contribution in [0.15, 0.2) is 18.2 Å². The van der Waals surface area contributed by atoms with Gasteiger partial charge in [0.1, 0.15) is 0 Å². The van der Waals surface area contributed by atoms with E-state index in [4.69, 9.17) is 11.5 Å². The quantitative estimate of drug-likeness (QED) is 0.428. The Morgan fingerprint density at radius 2 is 1.57 bits per heavy atom. The fraction of sp³-hybridized carbons (Fsp3) is 0.647. The number of nitrogens with one attached hydrogen (secondary N) is 1. The molecule has 0 aliphatic rings. The molecule has 0 unspecified atom stereocenters. The Morgan fingerprint density at radius 3 is 2.22 bits per heavy atom. The van der Waals surface area contributed by atoms with Crippen LogP contribution in [0.5, 0.6) is 0 Å². The third-order valence-corrected chi connectivity index (χ3v) is 3.80. The van der Waals surface area contributed by atoms with Gasteiger partial charge in [-0.25, -0.2) is 0 Å². The molecule has 3 nitrogen and oxygen atoms in total. The SMILES string of the molecule is NCCCCNCCCCCCc1ccc(N)c(C(F)(F)F)c1. The molecule has 0 radical (unpaired) electrons. The summed E-state index contributed by atoms with van der Waals surface area (Å²) in [6.07, 6.45) is 2.54. The highest BCUT2D eigenvalue weighted by Crippen LogP contribution is 2.34. The Kier molecular flexibility index (Phi) is 9.02. The van der Waals surface area contributed by atoms with Crippen molar-refractivity contribution in [2.75, 3.05) is 25.4 Å². The number of nitrogens with two attached hydrogens (primary N) is 2. The van der Waals surface area contributed by atoms with Crippen LogP contribution in [0.1, 0.15) is 49.7 Å². The topological polar surface area (TPSA) is 64.1 Å². The van der Waals surface area contributed by atoms with Gasteiger partial charge in [0.25, 0.3) is 0 Å². The van der Waals surface area contributed by atoms with Gasteiger partial charge in [0.15, 0.2) is 0 Å². The monoisotopic (exact) mass is 331 g/mol. The zero-order valence-electron chi connectivity index (χ0n) is 13.6. The van der Waals surface area contributed by atoms with E-state index in [2.05, 4.69) is 5.32 Å². The van der Waals surface area contributed by atoms with Gasteiger partial charge in [0.2, 0.25) is 0 Å². The van der Waals surface area contributed by atoms with E-state index in [1.165, 1.54) is 12.1 Å². The van der Waals surface area contributed by atoms with Gasteiger partial charge in [-0.3, -0.25) is 0 Å². The van der Waals surface area contributed by atoms with E-state index in [0.29, 0.717) is 12.0 Å². The summed E-state index contributed by atoms with van der Waals surface area (Å²) < 4.78 is 38.3. The van der Waals surface area contributed by atoms with Gasteiger partial charge in [0.05, 0.1) is 5.56 Å². The molecule has 23 heavy (non-hydrogen) atoms. The van der Waals surface area contributed by atoms with E-state index in [9.17, 15) is 13.2 Å². The molecule has 0 fully saturated rings. The lowest BCUT2D eigenvalue weighted by Gasteiger charge is -2.11. The molecule has 0 amide bonds. The van der Waals surface area contributed by atoms with Gasteiger partial charge in [-0.1, -0.05) is 18.9 Å². The van der Waals surface area contributed by atoms with Crippen molar-refractivity contribution >= 4 is 5.69 Å². The number of halogens is 3. The Balaban J connectivity index is 2.17. The number of aryl methyl sites for hydroxylation is 1. The Bertz CT molecular complexity index is 447. The fourth-order valence-corrected chi connectivity index (χ4v) is 2.46. The number of benzene rings is 1. The Labute approximate surface area is 136 Å². The number of anilines is 1. The first kappa shape index (κ1) is 19.8. The molecule has 1 aromatic carbocycles. The molecule has 132 valence electrons. The molecule has 0 aromatic heterocycles. The standard InChI is InChI=1S/C17H28F3N3/c18-17(19,20)15-13-14(8-9-16(15)22)7-3-1-2-5-11-23-12-6-4-10-21/h8-9,13,23H,1-7,10-12,21-22H2. The minimum Gasteiger partial charge on any atom is -0.398 e. The summed E-state index contributed by atoms with van der Waals surface area (Å²) >= 11 is 0. The molecule has 0 atom stereocenters. The molecule has 1 aromatic rings. The fourth-order valence-electron chi connectivity index (χ4n) is 2.46. The zero-order chi connectivity index (χ0) is 17.1. The largest absolute Gasteiger partial charge is 0.418 e. The summed E-state index contributed by atoms with van der Waals surface area (Å²) in [6.45, 7) is 2.73. The van der Waals surface area contributed by atoms with Crippen molar-refractivity contribution in [3.63, 3.8) is 0 Å². The molecule has 0 aliphatic carbocycles. The Hall–Kier alpha value is -1.27. The van der Waals surface area contributed by atoms with E-state index in [1.807, 2.05) is 0 Å². The molecule has 6 heteroatoms. The second-order valence-electron chi connectivity index (χ2n) is 5.83. The molecular weight excluding hydrogens is 303 g/mol. The molecule has 0 bridgehead atoms. The molecule has 0 heterocycles. The van der Waals surface area contributed by atoms with Crippen molar-refractivity contribution in [1.82, 2.24) is 5.32 Å². The minimum atomic E-state index is -4.38. The predicted molar refractivity (Wildman–Crippen MR) is 89.2 cm³/mol. The molecule has 1 rings (SSSR count). The average Bonchev–Trinajstić information content (AvgIpc) is 2.49. The maximum Gasteiger partial charge on any atom is 0.418 e. The van der Waals surface area contributed by atoms with Crippen LogP contribution in [0.2, 0.25) is 0 Å². The van der Waals surface area contributed by atoms with E-state index < -0.39 is 11.7 Å². The average molecular weight is 331 g/mol. The van der Waals surface area contributed by atoms with Gasteiger partial charge < -0.3 is 16.8 Å². The van der Waals surface area contributed by atoms with Crippen LogP contribution < -0.4 is 16.8 Å². The van der Waals surface area contributed by atoms with Crippen molar-refractivity contribution in [2.24, 2.45) is 5.73 Å². The molecule has 0 saturated carbocycles. The summed E-state index contributed by atoms with van der Waals surface area (Å²) in [5.74, 6) is 0. The smallest absolute Gasteiger partial charge is 0.398 e. The predicted octanol–water partition coefficient (Wildman–Crippen LogP) is 3.72. The summed E-state index contributed by atoms with van der Waals surface area (Å²) in [4.78, 5) is 0. The first-order valence-corrected chi connectivity index (χ1v) is 8.31. The number of rotatable bonds is 11. The number of unbranched alkanes of at least 4 members (excludes halogenated alkanes) is 4. The molecule has 5 N–H and O–H groups in total. The van der Waals surface area contributed by atoms with Gasteiger partial charge in [-0.05, 0) is 69.4 Å². The first-order chi connectivity index (χ1) is 10.9. The van der Waals surface area contributed by atoms with E-state index in [1.54, 1.807) is 6.07 Å². The molecule has 0 aliphatic heterocycles. The molecule has 0 saturated heterocycles. The summed E-state index contributed by atoms with van der Waals surface area (Å²) in [6, 6.07) is 4.21. The molecule has 0 spiro atoms. The maximum atomic E-state index is 12.8. The van der Waals surface area contributed by atoms with Crippen LogP contribution >= 0.6 is 0 Å². The van der Waals surface area contributed by atoms with Gasteiger partial charge in [-0.15, -0.1) is 0 Å². The summed E-state index contributed by atoms with van der Waals surface area (Å²) in [7, 11) is 0. The van der Waals surface area contributed by atoms with Crippen LogP contribution in [0, 0.1) is 0 Å². The number of alkyl halides is 3. The highest BCUT2D eigenvalue weighted by atomic mass is 19.4. The second-order valence-corrected chi connectivity index (χ2v) is 5.83. The van der Waals surface area contributed by atoms with E-state index >= 15 is 0 Å². The summed E-state index contributed by atoms with van der Waals surface area (Å²) in [5, 5.41) is 3.36. The van der Waals surface area contributed by atoms with Gasteiger partial charge >= 0.3 is 6.18 Å². The lowest BCUT2D eigenvalue weighted by Crippen LogP contribution is -2.17. The Morgan fingerprint density at radius 1 is 0.913 bits per heavy atom. The highest BCUT2D eigenvalue weighted by molar-refractivity contribution is 5.50. The first-order valence-electron chi connectivity index (χ1n) is 8.31. The highest BCUT2D eigenvalue weighted by Gasteiger charge is 2.32. The normalized spacial score (nSPS) is 11.8. The zero-order valence-corrected chi connectivity index (χ0v) is 13.6. The van der Waals surface area contributed by atoms with Crippen LogP contribution in [0.4, 0.5) is 18.9 Å². The van der Waals surface area contributed by atoms with E-state index in [0.717, 1.165) is 58.2 Å². The van der Waals surface area contributed by atoms with Crippen LogP contribution in [-0.4, -0.2) is 19.6 Å².